The molecule has 0 bridgehead atoms. The molecule has 0 aromatic heterocycles. The molecule has 0 amide bonds. The quantitative estimate of drug-likeness (QED) is 0.614. The molecule has 5 heteroatoms. The molecule has 1 aromatic rings. The summed E-state index contributed by atoms with van der Waals surface area (Å²) >= 11 is 0. The molecule has 0 atom stereocenters. The van der Waals surface area contributed by atoms with Gasteiger partial charge in [-0.05, 0) is 27.4 Å². The molecule has 0 aliphatic carbocycles. The minimum absolute atomic E-state index is 0.0627. The molecule has 0 spiro atoms. The van der Waals surface area contributed by atoms with Gasteiger partial charge in [-0.15, -0.1) is 0 Å². The van der Waals surface area contributed by atoms with Crippen molar-refractivity contribution in [3.05, 3.63) is 30.3 Å². The Labute approximate surface area is 136 Å². The molecule has 1 N–H and O–H groups in total. The Hall–Kier alpha value is -0.913. The van der Waals surface area contributed by atoms with Crippen molar-refractivity contribution in [3.8, 4) is 0 Å². The van der Waals surface area contributed by atoms with Gasteiger partial charge >= 0.3 is 0 Å². The first-order valence-electron chi connectivity index (χ1n) is 7.74. The maximum absolute atomic E-state index is 12.1. The SMILES string of the molecule is C=Cc1cccc([Si](C(C)C)(C(C)C)C(C)C)c1S(=O)(=O)O. The van der Waals surface area contributed by atoms with Crippen LogP contribution in [0.4, 0.5) is 0 Å². The van der Waals surface area contributed by atoms with Crippen LogP contribution in [-0.4, -0.2) is 21.0 Å². The Balaban J connectivity index is 3.98. The second kappa shape index (κ2) is 6.68. The average Bonchev–Trinajstić information content (AvgIpc) is 2.36. The van der Waals surface area contributed by atoms with Gasteiger partial charge in [0, 0.05) is 0 Å². The van der Waals surface area contributed by atoms with Crippen LogP contribution in [0.15, 0.2) is 29.7 Å². The Morgan fingerprint density at radius 1 is 1.05 bits per heavy atom. The summed E-state index contributed by atoms with van der Waals surface area (Å²) in [5, 5.41) is 0.826. The summed E-state index contributed by atoms with van der Waals surface area (Å²) in [6.45, 7) is 16.7. The Morgan fingerprint density at radius 3 is 1.82 bits per heavy atom. The first-order valence-corrected chi connectivity index (χ1v) is 11.4. The van der Waals surface area contributed by atoms with Crippen LogP contribution in [0.1, 0.15) is 47.1 Å². The second-order valence-electron chi connectivity index (χ2n) is 6.80. The van der Waals surface area contributed by atoms with Gasteiger partial charge in [0.2, 0.25) is 0 Å². The zero-order valence-corrected chi connectivity index (χ0v) is 16.2. The van der Waals surface area contributed by atoms with Gasteiger partial charge in [-0.1, -0.05) is 72.4 Å². The van der Waals surface area contributed by atoms with E-state index in [1.807, 2.05) is 12.1 Å². The number of benzene rings is 1. The van der Waals surface area contributed by atoms with Crippen molar-refractivity contribution in [2.24, 2.45) is 0 Å². The maximum Gasteiger partial charge on any atom is 0.294 e. The van der Waals surface area contributed by atoms with Crippen LogP contribution in [0, 0.1) is 0 Å². The molecule has 0 radical (unpaired) electrons. The van der Waals surface area contributed by atoms with Crippen molar-refractivity contribution >= 4 is 29.5 Å². The normalized spacial score (nSPS) is 13.2. The monoisotopic (exact) mass is 340 g/mol. The van der Waals surface area contributed by atoms with E-state index < -0.39 is 18.2 Å². The van der Waals surface area contributed by atoms with Crippen LogP contribution in [-0.2, 0) is 10.1 Å². The van der Waals surface area contributed by atoms with Gasteiger partial charge in [-0.2, -0.15) is 8.42 Å². The van der Waals surface area contributed by atoms with Crippen LogP contribution in [0.25, 0.3) is 6.08 Å². The molecule has 0 fully saturated rings. The average molecular weight is 341 g/mol. The molecule has 1 aromatic carbocycles. The van der Waals surface area contributed by atoms with E-state index in [1.54, 1.807) is 6.07 Å². The van der Waals surface area contributed by atoms with Crippen molar-refractivity contribution in [3.63, 3.8) is 0 Å². The van der Waals surface area contributed by atoms with Gasteiger partial charge in [0.25, 0.3) is 10.1 Å². The Kier molecular flexibility index (Phi) is 5.81. The molecule has 0 aliphatic rings. The van der Waals surface area contributed by atoms with Gasteiger partial charge in [0.1, 0.15) is 4.90 Å². The smallest absolute Gasteiger partial charge is 0.282 e. The lowest BCUT2D eigenvalue weighted by atomic mass is 10.2. The predicted molar refractivity (Wildman–Crippen MR) is 97.0 cm³/mol. The minimum atomic E-state index is -4.30. The molecule has 124 valence electrons. The highest BCUT2D eigenvalue weighted by Crippen LogP contribution is 2.42. The van der Waals surface area contributed by atoms with E-state index in [0.29, 0.717) is 22.2 Å². The third-order valence-electron chi connectivity index (χ3n) is 4.86. The molecule has 0 unspecified atom stereocenters. The summed E-state index contributed by atoms with van der Waals surface area (Å²) in [6, 6.07) is 5.46. The van der Waals surface area contributed by atoms with E-state index in [-0.39, 0.29) is 4.90 Å². The van der Waals surface area contributed by atoms with Crippen LogP contribution in [0.3, 0.4) is 0 Å². The van der Waals surface area contributed by atoms with Crippen molar-refractivity contribution in [2.45, 2.75) is 63.1 Å². The third kappa shape index (κ3) is 3.07. The van der Waals surface area contributed by atoms with Gasteiger partial charge in [-0.25, -0.2) is 0 Å². The van der Waals surface area contributed by atoms with Crippen molar-refractivity contribution in [1.29, 1.82) is 0 Å². The van der Waals surface area contributed by atoms with Gasteiger partial charge in [0.05, 0.1) is 8.07 Å². The minimum Gasteiger partial charge on any atom is -0.282 e. The second-order valence-corrected chi connectivity index (χ2v) is 14.0. The van der Waals surface area contributed by atoms with E-state index in [9.17, 15) is 13.0 Å². The first-order chi connectivity index (χ1) is 10.0. The number of rotatable bonds is 6. The first kappa shape index (κ1) is 19.1. The zero-order valence-electron chi connectivity index (χ0n) is 14.4. The zero-order chi connectivity index (χ0) is 17.3. The van der Waals surface area contributed by atoms with E-state index in [0.717, 1.165) is 5.19 Å². The highest BCUT2D eigenvalue weighted by Gasteiger charge is 2.47. The molecule has 3 nitrogen and oxygen atoms in total. The summed E-state index contributed by atoms with van der Waals surface area (Å²) in [6.07, 6.45) is 1.51. The molecule has 0 saturated heterocycles. The summed E-state index contributed by atoms with van der Waals surface area (Å²) < 4.78 is 34.0. The van der Waals surface area contributed by atoms with Crippen molar-refractivity contribution in [2.75, 3.05) is 0 Å². The van der Waals surface area contributed by atoms with Gasteiger partial charge < -0.3 is 0 Å². The van der Waals surface area contributed by atoms with Crippen molar-refractivity contribution < 1.29 is 13.0 Å². The van der Waals surface area contributed by atoms with E-state index in [2.05, 4.69) is 48.1 Å². The number of hydrogen-bond acceptors (Lipinski definition) is 2. The fourth-order valence-electron chi connectivity index (χ4n) is 4.28. The molecule has 0 heterocycles. The topological polar surface area (TPSA) is 54.4 Å². The molecular formula is C17H28O3SSi. The summed E-state index contributed by atoms with van der Waals surface area (Å²) in [4.78, 5) is 0.0627. The summed E-state index contributed by atoms with van der Waals surface area (Å²) in [5.74, 6) is 0. The predicted octanol–water partition coefficient (Wildman–Crippen LogP) is 4.46. The molecular weight excluding hydrogens is 312 g/mol. The standard InChI is InChI=1S/C17H28O3SSi/c1-8-15-10-9-11-16(17(15)21(18,19)20)22(12(2)3,13(4)5)14(6)7/h8-14H,1H2,2-7H3,(H,18,19,20). The fraction of sp³-hybridized carbons (Fsp3) is 0.529. The lowest BCUT2D eigenvalue weighted by Crippen LogP contribution is -2.57. The highest BCUT2D eigenvalue weighted by atomic mass is 32.2. The largest absolute Gasteiger partial charge is 0.294 e. The van der Waals surface area contributed by atoms with Crippen molar-refractivity contribution in [1.82, 2.24) is 0 Å². The van der Waals surface area contributed by atoms with Crippen LogP contribution in [0.2, 0.25) is 16.6 Å². The lowest BCUT2D eigenvalue weighted by molar-refractivity contribution is 0.483. The molecule has 0 saturated carbocycles. The summed E-state index contributed by atoms with van der Waals surface area (Å²) in [5.41, 5.74) is 1.55. The third-order valence-corrected chi connectivity index (χ3v) is 13.1. The van der Waals surface area contributed by atoms with Crippen LogP contribution < -0.4 is 5.19 Å². The van der Waals surface area contributed by atoms with E-state index in [1.165, 1.54) is 6.08 Å². The van der Waals surface area contributed by atoms with Gasteiger partial charge in [0.15, 0.2) is 0 Å². The van der Waals surface area contributed by atoms with Gasteiger partial charge in [-0.3, -0.25) is 4.55 Å². The van der Waals surface area contributed by atoms with E-state index >= 15 is 0 Å². The Bertz CT molecular complexity index is 624. The molecule has 0 aliphatic heterocycles. The Morgan fingerprint density at radius 2 is 1.50 bits per heavy atom. The van der Waals surface area contributed by atoms with Crippen LogP contribution >= 0.6 is 0 Å². The number of hydrogen-bond donors (Lipinski definition) is 1. The van der Waals surface area contributed by atoms with Crippen LogP contribution in [0.5, 0.6) is 0 Å². The maximum atomic E-state index is 12.1. The lowest BCUT2D eigenvalue weighted by Gasteiger charge is -2.44. The summed E-state index contributed by atoms with van der Waals surface area (Å²) in [7, 11) is -6.49. The highest BCUT2D eigenvalue weighted by molar-refractivity contribution is 7.86. The van der Waals surface area contributed by atoms with E-state index in [4.69, 9.17) is 0 Å². The molecule has 22 heavy (non-hydrogen) atoms. The molecule has 1 rings (SSSR count). The fourth-order valence-corrected chi connectivity index (χ4v) is 12.8.